The molecule has 0 saturated heterocycles. The van der Waals surface area contributed by atoms with E-state index < -0.39 is 0 Å². The predicted molar refractivity (Wildman–Crippen MR) is 100 cm³/mol. The van der Waals surface area contributed by atoms with Crippen LogP contribution < -0.4 is 15.5 Å². The van der Waals surface area contributed by atoms with Gasteiger partial charge in [0.1, 0.15) is 11.4 Å². The topological polar surface area (TPSA) is 45.6 Å². The highest BCUT2D eigenvalue weighted by molar-refractivity contribution is 7.80. The zero-order valence-corrected chi connectivity index (χ0v) is 15.1. The lowest BCUT2D eigenvalue weighted by Gasteiger charge is -2.23. The van der Waals surface area contributed by atoms with Gasteiger partial charge in [-0.15, -0.1) is 0 Å². The summed E-state index contributed by atoms with van der Waals surface area (Å²) >= 11 is 5.27. The molecule has 0 unspecified atom stereocenters. The summed E-state index contributed by atoms with van der Waals surface area (Å²) in [4.78, 5) is 0. The van der Waals surface area contributed by atoms with Crippen molar-refractivity contribution in [1.82, 2.24) is 10.7 Å². The molecule has 1 aromatic rings. The largest absolute Gasteiger partial charge is 0.488 e. The van der Waals surface area contributed by atoms with Gasteiger partial charge in [-0.2, -0.15) is 5.10 Å². The predicted octanol–water partition coefficient (Wildman–Crippen LogP) is 3.99. The van der Waals surface area contributed by atoms with Crippen LogP contribution >= 0.6 is 12.2 Å². The van der Waals surface area contributed by atoms with Crippen molar-refractivity contribution in [3.63, 3.8) is 0 Å². The molecular formula is C18H27N3OS. The van der Waals surface area contributed by atoms with Crippen molar-refractivity contribution in [3.8, 4) is 5.75 Å². The summed E-state index contributed by atoms with van der Waals surface area (Å²) in [6, 6.07) is 8.34. The van der Waals surface area contributed by atoms with Crippen molar-refractivity contribution < 1.29 is 4.74 Å². The summed E-state index contributed by atoms with van der Waals surface area (Å²) in [5.41, 5.74) is 3.70. The van der Waals surface area contributed by atoms with Crippen LogP contribution in [0.15, 0.2) is 29.4 Å². The summed E-state index contributed by atoms with van der Waals surface area (Å²) in [6.07, 6.45) is 8.06. The second kappa shape index (κ2) is 8.29. The SMILES string of the molecule is CC(C)(C)Oc1ccc(/C=N\NC(=S)NC2CCCCC2)cc1. The Morgan fingerprint density at radius 3 is 2.43 bits per heavy atom. The summed E-state index contributed by atoms with van der Waals surface area (Å²) in [5, 5.41) is 8.12. The molecule has 126 valence electrons. The second-order valence-corrected chi connectivity index (χ2v) is 7.37. The third-order valence-electron chi connectivity index (χ3n) is 3.62. The highest BCUT2D eigenvalue weighted by Crippen LogP contribution is 2.18. The van der Waals surface area contributed by atoms with Crippen LogP contribution in [-0.2, 0) is 0 Å². The van der Waals surface area contributed by atoms with E-state index in [4.69, 9.17) is 17.0 Å². The molecule has 1 aliphatic carbocycles. The standard InChI is InChI=1S/C18H27N3OS/c1-18(2,3)22-16-11-9-14(10-12-16)13-19-21-17(23)20-15-7-5-4-6-8-15/h9-13,15H,4-8H2,1-3H3,(H2,20,21,23)/b19-13-. The molecule has 1 saturated carbocycles. The lowest BCUT2D eigenvalue weighted by Crippen LogP contribution is -2.40. The van der Waals surface area contributed by atoms with Crippen molar-refractivity contribution in [1.29, 1.82) is 0 Å². The Kier molecular flexibility index (Phi) is 6.39. The number of hydrogen-bond acceptors (Lipinski definition) is 3. The van der Waals surface area contributed by atoms with Gasteiger partial charge in [-0.1, -0.05) is 19.3 Å². The number of hydrogen-bond donors (Lipinski definition) is 2. The molecule has 4 nitrogen and oxygen atoms in total. The van der Waals surface area contributed by atoms with E-state index in [-0.39, 0.29) is 5.60 Å². The minimum atomic E-state index is -0.186. The van der Waals surface area contributed by atoms with Crippen LogP contribution in [0.2, 0.25) is 0 Å². The molecule has 1 fully saturated rings. The monoisotopic (exact) mass is 333 g/mol. The Morgan fingerprint density at radius 2 is 1.83 bits per heavy atom. The molecule has 0 aliphatic heterocycles. The lowest BCUT2D eigenvalue weighted by molar-refractivity contribution is 0.131. The minimum Gasteiger partial charge on any atom is -0.488 e. The molecule has 1 aromatic carbocycles. The van der Waals surface area contributed by atoms with Crippen molar-refractivity contribution in [2.75, 3.05) is 0 Å². The fraction of sp³-hybridized carbons (Fsp3) is 0.556. The molecule has 0 spiro atoms. The third-order valence-corrected chi connectivity index (χ3v) is 3.83. The number of rotatable bonds is 4. The van der Waals surface area contributed by atoms with Gasteiger partial charge in [-0.3, -0.25) is 5.43 Å². The highest BCUT2D eigenvalue weighted by atomic mass is 32.1. The quantitative estimate of drug-likeness (QED) is 0.497. The van der Waals surface area contributed by atoms with Gasteiger partial charge < -0.3 is 10.1 Å². The summed E-state index contributed by atoms with van der Waals surface area (Å²) in [6.45, 7) is 6.10. The fourth-order valence-electron chi connectivity index (χ4n) is 2.61. The van der Waals surface area contributed by atoms with E-state index in [0.29, 0.717) is 11.2 Å². The summed E-state index contributed by atoms with van der Waals surface area (Å²) in [7, 11) is 0. The number of ether oxygens (including phenoxy) is 1. The Balaban J connectivity index is 1.77. The first-order valence-electron chi connectivity index (χ1n) is 8.31. The average molecular weight is 334 g/mol. The first kappa shape index (κ1) is 17.7. The van der Waals surface area contributed by atoms with Crippen LogP contribution in [0.25, 0.3) is 0 Å². The average Bonchev–Trinajstić information content (AvgIpc) is 2.48. The van der Waals surface area contributed by atoms with Crippen LogP contribution in [0.1, 0.15) is 58.4 Å². The Labute approximate surface area is 144 Å². The number of hydrazone groups is 1. The number of nitrogens with one attached hydrogen (secondary N) is 2. The lowest BCUT2D eigenvalue weighted by atomic mass is 9.96. The molecular weight excluding hydrogens is 306 g/mol. The Morgan fingerprint density at radius 1 is 1.17 bits per heavy atom. The van der Waals surface area contributed by atoms with E-state index in [0.717, 1.165) is 11.3 Å². The smallest absolute Gasteiger partial charge is 0.187 e. The number of benzene rings is 1. The van der Waals surface area contributed by atoms with Gasteiger partial charge in [0.05, 0.1) is 6.21 Å². The maximum atomic E-state index is 5.79. The maximum Gasteiger partial charge on any atom is 0.187 e. The highest BCUT2D eigenvalue weighted by Gasteiger charge is 2.13. The minimum absolute atomic E-state index is 0.186. The fourth-order valence-corrected chi connectivity index (χ4v) is 2.82. The van der Waals surface area contributed by atoms with Crippen LogP contribution in [-0.4, -0.2) is 23.0 Å². The summed E-state index contributed by atoms with van der Waals surface area (Å²) in [5.74, 6) is 0.858. The van der Waals surface area contributed by atoms with Crippen LogP contribution in [0, 0.1) is 0 Å². The first-order chi connectivity index (χ1) is 10.9. The van der Waals surface area contributed by atoms with Crippen molar-refractivity contribution in [2.24, 2.45) is 5.10 Å². The zero-order chi connectivity index (χ0) is 16.7. The molecule has 5 heteroatoms. The van der Waals surface area contributed by atoms with Crippen LogP contribution in [0.5, 0.6) is 5.75 Å². The van der Waals surface area contributed by atoms with E-state index in [1.807, 2.05) is 45.0 Å². The Hall–Kier alpha value is -1.62. The first-order valence-corrected chi connectivity index (χ1v) is 8.72. The molecule has 0 atom stereocenters. The van der Waals surface area contributed by atoms with Crippen LogP contribution in [0.3, 0.4) is 0 Å². The molecule has 0 amide bonds. The van der Waals surface area contributed by atoms with E-state index in [9.17, 15) is 0 Å². The normalized spacial score (nSPS) is 16.3. The van der Waals surface area contributed by atoms with Crippen LogP contribution in [0.4, 0.5) is 0 Å². The molecule has 23 heavy (non-hydrogen) atoms. The van der Waals surface area contributed by atoms with E-state index >= 15 is 0 Å². The molecule has 2 N–H and O–H groups in total. The molecule has 0 radical (unpaired) electrons. The van der Waals surface area contributed by atoms with Gasteiger partial charge in [-0.05, 0) is 75.7 Å². The molecule has 0 aromatic heterocycles. The van der Waals surface area contributed by atoms with Gasteiger partial charge in [0, 0.05) is 6.04 Å². The molecule has 1 aliphatic rings. The van der Waals surface area contributed by atoms with Crippen molar-refractivity contribution in [3.05, 3.63) is 29.8 Å². The molecule has 2 rings (SSSR count). The zero-order valence-electron chi connectivity index (χ0n) is 14.3. The number of nitrogens with zero attached hydrogens (tertiary/aromatic N) is 1. The molecule has 0 heterocycles. The van der Waals surface area contributed by atoms with Gasteiger partial charge in [-0.25, -0.2) is 0 Å². The van der Waals surface area contributed by atoms with Crippen molar-refractivity contribution >= 4 is 23.5 Å². The summed E-state index contributed by atoms with van der Waals surface area (Å²) < 4.78 is 5.79. The van der Waals surface area contributed by atoms with Gasteiger partial charge >= 0.3 is 0 Å². The van der Waals surface area contributed by atoms with Crippen molar-refractivity contribution in [2.45, 2.75) is 64.5 Å². The Bertz CT molecular complexity index is 528. The van der Waals surface area contributed by atoms with E-state index in [2.05, 4.69) is 15.8 Å². The maximum absolute atomic E-state index is 5.79. The third kappa shape index (κ3) is 6.99. The van der Waals surface area contributed by atoms with E-state index in [1.165, 1.54) is 32.1 Å². The van der Waals surface area contributed by atoms with E-state index in [1.54, 1.807) is 6.21 Å². The second-order valence-electron chi connectivity index (χ2n) is 6.96. The van der Waals surface area contributed by atoms with Gasteiger partial charge in [0.2, 0.25) is 0 Å². The number of thiocarbonyl (C=S) groups is 1. The van der Waals surface area contributed by atoms with Gasteiger partial charge in [0.15, 0.2) is 5.11 Å². The van der Waals surface area contributed by atoms with Gasteiger partial charge in [0.25, 0.3) is 0 Å². The molecule has 0 bridgehead atoms.